The van der Waals surface area contributed by atoms with Crippen LogP contribution in [0.5, 0.6) is 0 Å². The summed E-state index contributed by atoms with van der Waals surface area (Å²) in [5.74, 6) is 0.341. The molecule has 0 spiro atoms. The van der Waals surface area contributed by atoms with Crippen LogP contribution >= 0.6 is 11.6 Å². The minimum Gasteiger partial charge on any atom is -0.254 e. The largest absolute Gasteiger partial charge is 0.254 e. The third kappa shape index (κ3) is 3.00. The molecule has 3 aliphatic rings. The summed E-state index contributed by atoms with van der Waals surface area (Å²) in [5, 5.41) is 2.93. The number of sulfonamides is 1. The molecule has 7 heteroatoms. The van der Waals surface area contributed by atoms with E-state index in [1.807, 2.05) is 4.31 Å². The summed E-state index contributed by atoms with van der Waals surface area (Å²) < 4.78 is 28.7. The van der Waals surface area contributed by atoms with Crippen LogP contribution in [0.4, 0.5) is 0 Å². The number of halogens is 1. The van der Waals surface area contributed by atoms with Gasteiger partial charge in [0.2, 0.25) is 10.0 Å². The Morgan fingerprint density at radius 3 is 2.46 bits per heavy atom. The number of piperidine rings is 2. The minimum absolute atomic E-state index is 0.0327. The highest BCUT2D eigenvalue weighted by molar-refractivity contribution is 7.89. The second-order valence-electron chi connectivity index (χ2n) is 8.81. The van der Waals surface area contributed by atoms with Crippen LogP contribution in [0.2, 0.25) is 5.02 Å². The summed E-state index contributed by atoms with van der Waals surface area (Å²) in [6.45, 7) is 7.50. The first-order valence-electron chi connectivity index (χ1n) is 9.51. The Kier molecular flexibility index (Phi) is 4.64. The third-order valence-electron chi connectivity index (χ3n) is 6.17. The maximum atomic E-state index is 13.4. The van der Waals surface area contributed by atoms with Gasteiger partial charge in [0.25, 0.3) is 0 Å². The molecule has 0 saturated carbocycles. The first kappa shape index (κ1) is 18.7. The van der Waals surface area contributed by atoms with Crippen molar-refractivity contribution >= 4 is 21.6 Å². The van der Waals surface area contributed by atoms with Gasteiger partial charge in [0, 0.05) is 41.1 Å². The first-order chi connectivity index (χ1) is 12.2. The van der Waals surface area contributed by atoms with Crippen molar-refractivity contribution in [2.24, 2.45) is 5.92 Å². The van der Waals surface area contributed by atoms with E-state index in [9.17, 15) is 8.42 Å². The van der Waals surface area contributed by atoms with Gasteiger partial charge in [-0.2, -0.15) is 4.31 Å². The molecule has 0 aromatic heterocycles. The molecular weight excluding hydrogens is 370 g/mol. The Bertz CT molecular complexity index is 775. The lowest BCUT2D eigenvalue weighted by atomic mass is 9.76. The fourth-order valence-corrected chi connectivity index (χ4v) is 7.20. The van der Waals surface area contributed by atoms with E-state index in [-0.39, 0.29) is 17.6 Å². The maximum Gasteiger partial charge on any atom is 0.243 e. The number of hydrazine groups is 1. The van der Waals surface area contributed by atoms with Gasteiger partial charge >= 0.3 is 0 Å². The van der Waals surface area contributed by atoms with Crippen molar-refractivity contribution in [3.05, 3.63) is 29.3 Å². The number of hydrogen-bond donors (Lipinski definition) is 1. The molecule has 26 heavy (non-hydrogen) atoms. The Morgan fingerprint density at radius 1 is 1.12 bits per heavy atom. The van der Waals surface area contributed by atoms with Crippen LogP contribution in [0.3, 0.4) is 0 Å². The third-order valence-corrected chi connectivity index (χ3v) is 8.41. The van der Waals surface area contributed by atoms with Crippen LogP contribution in [0, 0.1) is 5.92 Å². The van der Waals surface area contributed by atoms with Crippen LogP contribution in [-0.2, 0) is 10.0 Å². The van der Waals surface area contributed by atoms with Crippen molar-refractivity contribution in [1.29, 1.82) is 0 Å². The lowest BCUT2D eigenvalue weighted by Gasteiger charge is -2.52. The van der Waals surface area contributed by atoms with Crippen molar-refractivity contribution in [1.82, 2.24) is 14.7 Å². The van der Waals surface area contributed by atoms with Gasteiger partial charge in [-0.05, 0) is 64.3 Å². The predicted octanol–water partition coefficient (Wildman–Crippen LogP) is 3.26. The molecule has 3 aliphatic heterocycles. The molecule has 4 atom stereocenters. The molecule has 0 aliphatic carbocycles. The number of nitrogens with zero attached hydrogens (tertiary/aromatic N) is 2. The summed E-state index contributed by atoms with van der Waals surface area (Å²) in [6, 6.07) is 7.16. The first-order valence-corrected chi connectivity index (χ1v) is 11.3. The van der Waals surface area contributed by atoms with Crippen LogP contribution in [0.1, 0.15) is 46.5 Å². The highest BCUT2D eigenvalue weighted by atomic mass is 35.5. The number of nitrogens with one attached hydrogen (secondary N) is 1. The van der Waals surface area contributed by atoms with Crippen LogP contribution in [-0.4, -0.2) is 47.9 Å². The zero-order chi connectivity index (χ0) is 18.7. The van der Waals surface area contributed by atoms with E-state index >= 15 is 0 Å². The average molecular weight is 398 g/mol. The van der Waals surface area contributed by atoms with Gasteiger partial charge in [-0.3, -0.25) is 5.43 Å². The van der Waals surface area contributed by atoms with Crippen molar-refractivity contribution in [3.63, 3.8) is 0 Å². The van der Waals surface area contributed by atoms with Gasteiger partial charge in [0.05, 0.1) is 4.90 Å². The second kappa shape index (κ2) is 6.45. The van der Waals surface area contributed by atoms with Gasteiger partial charge in [-0.15, -0.1) is 0 Å². The minimum atomic E-state index is -3.50. The number of fused-ring (bicyclic) bond motifs is 4. The molecule has 144 valence electrons. The monoisotopic (exact) mass is 397 g/mol. The van der Waals surface area contributed by atoms with Gasteiger partial charge in [0.15, 0.2) is 0 Å². The molecule has 4 unspecified atom stereocenters. The summed E-state index contributed by atoms with van der Waals surface area (Å²) in [7, 11) is -3.50. The average Bonchev–Trinajstić information content (AvgIpc) is 2.98. The summed E-state index contributed by atoms with van der Waals surface area (Å²) in [4.78, 5) is 0.357. The smallest absolute Gasteiger partial charge is 0.243 e. The Labute approximate surface area is 161 Å². The molecule has 3 fully saturated rings. The summed E-state index contributed by atoms with van der Waals surface area (Å²) in [6.07, 6.45) is 3.91. The number of hydrogen-bond acceptors (Lipinski definition) is 4. The molecule has 1 aromatic rings. The van der Waals surface area contributed by atoms with E-state index in [2.05, 4.69) is 31.2 Å². The van der Waals surface area contributed by atoms with Gasteiger partial charge in [0.1, 0.15) is 0 Å². The Hall–Kier alpha value is -0.660. The number of rotatable bonds is 2. The zero-order valence-electron chi connectivity index (χ0n) is 15.7. The van der Waals surface area contributed by atoms with E-state index in [0.717, 1.165) is 32.2 Å². The van der Waals surface area contributed by atoms with Crippen molar-refractivity contribution in [2.75, 3.05) is 6.54 Å². The van der Waals surface area contributed by atoms with Gasteiger partial charge < -0.3 is 0 Å². The van der Waals surface area contributed by atoms with Gasteiger partial charge in [-0.25, -0.2) is 13.4 Å². The molecule has 1 aromatic carbocycles. The second-order valence-corrected chi connectivity index (χ2v) is 11.1. The zero-order valence-corrected chi connectivity index (χ0v) is 17.2. The van der Waals surface area contributed by atoms with Crippen LogP contribution < -0.4 is 5.43 Å². The summed E-state index contributed by atoms with van der Waals surface area (Å²) >= 11 is 5.95. The normalized spacial score (nSPS) is 33.2. The molecule has 0 amide bonds. The van der Waals surface area contributed by atoms with Crippen molar-refractivity contribution in [2.45, 2.75) is 75.0 Å². The Morgan fingerprint density at radius 2 is 1.81 bits per heavy atom. The topological polar surface area (TPSA) is 52.6 Å². The highest BCUT2D eigenvalue weighted by Gasteiger charge is 2.54. The van der Waals surface area contributed by atoms with Crippen LogP contribution in [0.25, 0.3) is 0 Å². The van der Waals surface area contributed by atoms with E-state index < -0.39 is 10.0 Å². The van der Waals surface area contributed by atoms with Crippen molar-refractivity contribution < 1.29 is 8.42 Å². The quantitative estimate of drug-likeness (QED) is 0.832. The number of benzene rings is 1. The predicted molar refractivity (Wildman–Crippen MR) is 103 cm³/mol. The molecule has 4 rings (SSSR count). The van der Waals surface area contributed by atoms with E-state index in [4.69, 9.17) is 11.6 Å². The van der Waals surface area contributed by atoms with Gasteiger partial charge in [-0.1, -0.05) is 18.0 Å². The SMILES string of the molecule is CC(C)(C)N1NCC2C1CC1CCCC2N1S(=O)(=O)c1ccc(Cl)cc1. The van der Waals surface area contributed by atoms with Crippen molar-refractivity contribution in [3.8, 4) is 0 Å². The summed E-state index contributed by atoms with van der Waals surface area (Å²) in [5.41, 5.74) is 3.60. The van der Waals surface area contributed by atoms with Crippen LogP contribution in [0.15, 0.2) is 29.2 Å². The highest BCUT2D eigenvalue weighted by Crippen LogP contribution is 2.45. The molecule has 2 bridgehead atoms. The molecule has 3 saturated heterocycles. The standard InChI is InChI=1S/C19H28ClN3O2S/c1-19(2,3)23-18-11-14-5-4-6-17(16(18)12-21-23)22(14)26(24,25)15-9-7-13(20)8-10-15/h7-10,14,16-18,21H,4-6,11-12H2,1-3H3. The molecule has 0 radical (unpaired) electrons. The molecule has 5 nitrogen and oxygen atoms in total. The lowest BCUT2D eigenvalue weighted by Crippen LogP contribution is -2.63. The fourth-order valence-electron chi connectivity index (χ4n) is 5.15. The van der Waals surface area contributed by atoms with E-state index in [0.29, 0.717) is 21.9 Å². The molecule has 1 N–H and O–H groups in total. The van der Waals surface area contributed by atoms with E-state index in [1.165, 1.54) is 0 Å². The lowest BCUT2D eigenvalue weighted by molar-refractivity contribution is -0.00813. The fraction of sp³-hybridized carbons (Fsp3) is 0.684. The molecular formula is C19H28ClN3O2S. The maximum absolute atomic E-state index is 13.4. The molecule has 3 heterocycles. The Balaban J connectivity index is 1.68. The van der Waals surface area contributed by atoms with E-state index in [1.54, 1.807) is 24.3 Å².